The summed E-state index contributed by atoms with van der Waals surface area (Å²) >= 11 is 0. The van der Waals surface area contributed by atoms with Gasteiger partial charge < -0.3 is 10.4 Å². The highest BCUT2D eigenvalue weighted by Crippen LogP contribution is 2.18. The molecular formula is C9H7F4NO2. The third-order valence-electron chi connectivity index (χ3n) is 1.74. The van der Waals surface area contributed by atoms with E-state index in [1.54, 1.807) is 0 Å². The molecule has 0 spiro atoms. The van der Waals surface area contributed by atoms with Crippen LogP contribution in [0.1, 0.15) is 10.4 Å². The van der Waals surface area contributed by atoms with E-state index in [4.69, 9.17) is 5.11 Å². The van der Waals surface area contributed by atoms with E-state index in [0.29, 0.717) is 0 Å². The fourth-order valence-corrected chi connectivity index (χ4v) is 1.00. The lowest BCUT2D eigenvalue weighted by atomic mass is 10.1. The van der Waals surface area contributed by atoms with Gasteiger partial charge in [-0.1, -0.05) is 0 Å². The molecule has 0 radical (unpaired) electrons. The second-order valence-electron chi connectivity index (χ2n) is 2.83. The van der Waals surface area contributed by atoms with Gasteiger partial charge >= 0.3 is 0 Å². The molecule has 7 heteroatoms. The van der Waals surface area contributed by atoms with Crippen molar-refractivity contribution in [3.8, 4) is 0 Å². The molecule has 0 fully saturated rings. The molecule has 0 aliphatic heterocycles. The van der Waals surface area contributed by atoms with Gasteiger partial charge in [-0.2, -0.15) is 0 Å². The second kappa shape index (κ2) is 4.93. The minimum absolute atomic E-state index is 0.209. The van der Waals surface area contributed by atoms with Crippen molar-refractivity contribution in [2.45, 2.75) is 0 Å². The van der Waals surface area contributed by atoms with E-state index in [0.717, 1.165) is 0 Å². The van der Waals surface area contributed by atoms with Crippen molar-refractivity contribution in [1.82, 2.24) is 5.32 Å². The van der Waals surface area contributed by atoms with E-state index < -0.39 is 41.3 Å². The number of rotatable bonds is 3. The zero-order valence-electron chi connectivity index (χ0n) is 7.86. The maximum Gasteiger partial charge on any atom is 0.254 e. The van der Waals surface area contributed by atoms with E-state index in [9.17, 15) is 22.4 Å². The average molecular weight is 237 g/mol. The van der Waals surface area contributed by atoms with Crippen molar-refractivity contribution < 1.29 is 27.5 Å². The molecule has 16 heavy (non-hydrogen) atoms. The molecule has 0 saturated heterocycles. The Kier molecular flexibility index (Phi) is 3.83. The highest BCUT2D eigenvalue weighted by Gasteiger charge is 2.22. The van der Waals surface area contributed by atoms with Gasteiger partial charge in [-0.15, -0.1) is 0 Å². The van der Waals surface area contributed by atoms with Crippen molar-refractivity contribution in [3.05, 3.63) is 34.9 Å². The number of carbonyl (C=O) groups is 1. The van der Waals surface area contributed by atoms with Gasteiger partial charge in [0.2, 0.25) is 0 Å². The Labute approximate surface area is 87.7 Å². The van der Waals surface area contributed by atoms with E-state index in [1.165, 1.54) is 0 Å². The summed E-state index contributed by atoms with van der Waals surface area (Å²) in [5.74, 6) is -8.59. The van der Waals surface area contributed by atoms with Crippen LogP contribution in [0.2, 0.25) is 0 Å². The normalized spacial score (nSPS) is 10.3. The Bertz CT molecular complexity index is 422. The lowest BCUT2D eigenvalue weighted by molar-refractivity contribution is 0.0938. The van der Waals surface area contributed by atoms with Crippen molar-refractivity contribution in [2.75, 3.05) is 13.2 Å². The molecule has 0 unspecified atom stereocenters. The third-order valence-corrected chi connectivity index (χ3v) is 1.74. The van der Waals surface area contributed by atoms with Gasteiger partial charge in [0.15, 0.2) is 23.3 Å². The smallest absolute Gasteiger partial charge is 0.254 e. The van der Waals surface area contributed by atoms with Crippen molar-refractivity contribution in [3.63, 3.8) is 0 Å². The van der Waals surface area contributed by atoms with Crippen LogP contribution in [0.25, 0.3) is 0 Å². The minimum Gasteiger partial charge on any atom is -0.395 e. The number of benzene rings is 1. The van der Waals surface area contributed by atoms with Gasteiger partial charge in [0, 0.05) is 6.54 Å². The molecule has 1 amide bonds. The van der Waals surface area contributed by atoms with Crippen LogP contribution < -0.4 is 5.32 Å². The Balaban J connectivity index is 3.10. The first-order chi connectivity index (χ1) is 7.49. The number of halogens is 4. The van der Waals surface area contributed by atoms with Crippen LogP contribution in [0.3, 0.4) is 0 Å². The molecule has 3 nitrogen and oxygen atoms in total. The minimum atomic E-state index is -2.05. The van der Waals surface area contributed by atoms with Gasteiger partial charge in [0.05, 0.1) is 12.2 Å². The summed E-state index contributed by atoms with van der Waals surface area (Å²) < 4.78 is 50.9. The number of hydrogen-bond acceptors (Lipinski definition) is 2. The summed E-state index contributed by atoms with van der Waals surface area (Å²) in [6.45, 7) is -0.627. The van der Waals surface area contributed by atoms with Crippen LogP contribution in [0.5, 0.6) is 0 Å². The van der Waals surface area contributed by atoms with Crippen LogP contribution >= 0.6 is 0 Å². The first kappa shape index (κ1) is 12.4. The fourth-order valence-electron chi connectivity index (χ4n) is 1.00. The SMILES string of the molecule is O=C(NCCO)c1cc(F)c(F)c(F)c1F. The van der Waals surface area contributed by atoms with Gasteiger partial charge in [-0.25, -0.2) is 17.6 Å². The number of aliphatic hydroxyl groups is 1. The highest BCUT2D eigenvalue weighted by atomic mass is 19.2. The molecule has 0 bridgehead atoms. The summed E-state index contributed by atoms with van der Waals surface area (Å²) in [5, 5.41) is 10.3. The first-order valence-corrected chi connectivity index (χ1v) is 4.21. The van der Waals surface area contributed by atoms with E-state index in [2.05, 4.69) is 0 Å². The largest absolute Gasteiger partial charge is 0.395 e. The van der Waals surface area contributed by atoms with Crippen LogP contribution in [0.15, 0.2) is 6.07 Å². The van der Waals surface area contributed by atoms with Gasteiger partial charge in [-0.3, -0.25) is 4.79 Å². The molecule has 0 atom stereocenters. The Morgan fingerprint density at radius 1 is 1.19 bits per heavy atom. The Morgan fingerprint density at radius 2 is 1.81 bits per heavy atom. The van der Waals surface area contributed by atoms with Crippen molar-refractivity contribution in [1.29, 1.82) is 0 Å². The molecule has 0 heterocycles. The quantitative estimate of drug-likeness (QED) is 0.467. The topological polar surface area (TPSA) is 49.3 Å². The maximum atomic E-state index is 13.0. The maximum absolute atomic E-state index is 13.0. The zero-order valence-corrected chi connectivity index (χ0v) is 7.86. The molecule has 0 aliphatic carbocycles. The molecule has 2 N–H and O–H groups in total. The molecule has 1 aromatic rings. The average Bonchev–Trinajstić information content (AvgIpc) is 2.28. The van der Waals surface area contributed by atoms with E-state index >= 15 is 0 Å². The van der Waals surface area contributed by atoms with Crippen LogP contribution in [-0.4, -0.2) is 24.2 Å². The van der Waals surface area contributed by atoms with Crippen LogP contribution in [0, 0.1) is 23.3 Å². The van der Waals surface area contributed by atoms with Crippen LogP contribution in [0.4, 0.5) is 17.6 Å². The van der Waals surface area contributed by atoms with Gasteiger partial charge in [0.1, 0.15) is 0 Å². The number of amides is 1. The first-order valence-electron chi connectivity index (χ1n) is 4.21. The summed E-state index contributed by atoms with van der Waals surface area (Å²) in [4.78, 5) is 11.1. The second-order valence-corrected chi connectivity index (χ2v) is 2.83. The fraction of sp³-hybridized carbons (Fsp3) is 0.222. The molecule has 88 valence electrons. The Hall–Kier alpha value is -1.63. The van der Waals surface area contributed by atoms with Crippen molar-refractivity contribution >= 4 is 5.91 Å². The lowest BCUT2D eigenvalue weighted by Gasteiger charge is -2.06. The number of nitrogens with one attached hydrogen (secondary N) is 1. The molecular weight excluding hydrogens is 230 g/mol. The number of hydrogen-bond donors (Lipinski definition) is 2. The molecule has 0 saturated carbocycles. The third kappa shape index (κ3) is 2.30. The summed E-state index contributed by atoms with van der Waals surface area (Å²) in [6.07, 6.45) is 0. The predicted molar refractivity (Wildman–Crippen MR) is 45.7 cm³/mol. The monoisotopic (exact) mass is 237 g/mol. The van der Waals surface area contributed by atoms with Gasteiger partial charge in [-0.05, 0) is 6.07 Å². The van der Waals surface area contributed by atoms with Crippen LogP contribution in [-0.2, 0) is 0 Å². The highest BCUT2D eigenvalue weighted by molar-refractivity contribution is 5.94. The molecule has 1 rings (SSSR count). The zero-order chi connectivity index (χ0) is 12.3. The summed E-state index contributed by atoms with van der Waals surface area (Å²) in [7, 11) is 0. The molecule has 1 aromatic carbocycles. The van der Waals surface area contributed by atoms with E-state index in [-0.39, 0.29) is 12.6 Å². The molecule has 0 aromatic heterocycles. The molecule has 0 aliphatic rings. The Morgan fingerprint density at radius 3 is 2.38 bits per heavy atom. The van der Waals surface area contributed by atoms with E-state index in [1.807, 2.05) is 5.32 Å². The van der Waals surface area contributed by atoms with Gasteiger partial charge in [0.25, 0.3) is 5.91 Å². The summed E-state index contributed by atoms with van der Waals surface area (Å²) in [6, 6.07) is 0.250. The number of carbonyl (C=O) groups excluding carboxylic acids is 1. The standard InChI is InChI=1S/C9H7F4NO2/c10-5-3-4(9(16)14-1-2-15)6(11)8(13)7(5)12/h3,15H,1-2H2,(H,14,16). The number of aliphatic hydroxyl groups excluding tert-OH is 1. The summed E-state index contributed by atoms with van der Waals surface area (Å²) in [5.41, 5.74) is -0.954. The predicted octanol–water partition coefficient (Wildman–Crippen LogP) is 0.965. The lowest BCUT2D eigenvalue weighted by Crippen LogP contribution is -2.27. The van der Waals surface area contributed by atoms with Crippen molar-refractivity contribution in [2.24, 2.45) is 0 Å².